The second-order valence-electron chi connectivity index (χ2n) is 7.88. The summed E-state index contributed by atoms with van der Waals surface area (Å²) in [6, 6.07) is 36.3. The van der Waals surface area contributed by atoms with Crippen LogP contribution >= 0.6 is 0 Å². The monoisotopic (exact) mass is 396 g/mol. The van der Waals surface area contributed by atoms with Gasteiger partial charge in [0.05, 0.1) is 11.2 Å². The normalized spacial score (nSPS) is 11.4. The van der Waals surface area contributed by atoms with Crippen molar-refractivity contribution in [1.82, 2.24) is 9.97 Å². The summed E-state index contributed by atoms with van der Waals surface area (Å²) in [7, 11) is 0. The second kappa shape index (κ2) is 7.03. The van der Waals surface area contributed by atoms with Gasteiger partial charge in [-0.1, -0.05) is 103 Å². The lowest BCUT2D eigenvalue weighted by atomic mass is 9.94. The van der Waals surface area contributed by atoms with Crippen LogP contribution in [0.15, 0.2) is 103 Å². The lowest BCUT2D eigenvalue weighted by Crippen LogP contribution is -1.96. The molecule has 5 aromatic carbocycles. The van der Waals surface area contributed by atoms with Gasteiger partial charge in [-0.2, -0.15) is 0 Å². The van der Waals surface area contributed by atoms with Crippen LogP contribution in [-0.2, 0) is 0 Å². The summed E-state index contributed by atoms with van der Waals surface area (Å²) < 4.78 is 0. The first-order valence-corrected chi connectivity index (χ1v) is 10.5. The summed E-state index contributed by atoms with van der Waals surface area (Å²) in [6.07, 6.45) is 0. The van der Waals surface area contributed by atoms with Gasteiger partial charge in [0.2, 0.25) is 0 Å². The van der Waals surface area contributed by atoms with Crippen LogP contribution in [0.1, 0.15) is 5.82 Å². The van der Waals surface area contributed by atoms with E-state index >= 15 is 0 Å². The Morgan fingerprint density at radius 3 is 1.68 bits per heavy atom. The Bertz CT molecular complexity index is 1570. The van der Waals surface area contributed by atoms with Crippen molar-refractivity contribution >= 4 is 32.4 Å². The molecule has 0 aliphatic rings. The first-order valence-electron chi connectivity index (χ1n) is 10.5. The van der Waals surface area contributed by atoms with Crippen LogP contribution in [0.4, 0.5) is 0 Å². The van der Waals surface area contributed by atoms with Crippen LogP contribution < -0.4 is 0 Å². The molecule has 2 nitrogen and oxygen atoms in total. The van der Waals surface area contributed by atoms with E-state index in [0.29, 0.717) is 0 Å². The maximum Gasteiger partial charge on any atom is 0.126 e. The molecule has 0 saturated carbocycles. The quantitative estimate of drug-likeness (QED) is 0.282. The summed E-state index contributed by atoms with van der Waals surface area (Å²) in [5, 5.41) is 5.95. The van der Waals surface area contributed by atoms with Crippen molar-refractivity contribution in [3.8, 4) is 22.4 Å². The molecular formula is C29H20N2. The topological polar surface area (TPSA) is 25.8 Å². The van der Waals surface area contributed by atoms with Crippen molar-refractivity contribution in [2.75, 3.05) is 0 Å². The van der Waals surface area contributed by atoms with Gasteiger partial charge in [-0.3, -0.25) is 0 Å². The fourth-order valence-corrected chi connectivity index (χ4v) is 4.54. The van der Waals surface area contributed by atoms with Crippen molar-refractivity contribution < 1.29 is 0 Å². The molecular weight excluding hydrogens is 376 g/mol. The second-order valence-corrected chi connectivity index (χ2v) is 7.88. The third-order valence-corrected chi connectivity index (χ3v) is 5.96. The van der Waals surface area contributed by atoms with E-state index in [9.17, 15) is 0 Å². The smallest absolute Gasteiger partial charge is 0.126 e. The third-order valence-electron chi connectivity index (χ3n) is 5.96. The largest absolute Gasteiger partial charge is 0.233 e. The molecule has 0 amide bonds. The van der Waals surface area contributed by atoms with E-state index < -0.39 is 0 Å². The molecule has 2 heteroatoms. The van der Waals surface area contributed by atoms with Gasteiger partial charge in [0.15, 0.2) is 0 Å². The van der Waals surface area contributed by atoms with Gasteiger partial charge in [-0.15, -0.1) is 0 Å². The number of hydrogen-bond acceptors (Lipinski definition) is 2. The number of benzene rings is 5. The van der Waals surface area contributed by atoms with Crippen LogP contribution in [0.3, 0.4) is 0 Å². The molecule has 146 valence electrons. The highest BCUT2D eigenvalue weighted by Gasteiger charge is 2.15. The van der Waals surface area contributed by atoms with E-state index in [1.54, 1.807) is 0 Å². The highest BCUT2D eigenvalue weighted by molar-refractivity contribution is 6.26. The van der Waals surface area contributed by atoms with E-state index in [1.807, 2.05) is 13.0 Å². The number of rotatable bonds is 2. The van der Waals surface area contributed by atoms with Crippen molar-refractivity contribution in [2.45, 2.75) is 6.92 Å². The first kappa shape index (κ1) is 17.8. The van der Waals surface area contributed by atoms with Crippen LogP contribution in [-0.4, -0.2) is 9.97 Å². The Morgan fingerprint density at radius 1 is 0.452 bits per heavy atom. The van der Waals surface area contributed by atoms with Crippen LogP contribution in [0.5, 0.6) is 0 Å². The lowest BCUT2D eigenvalue weighted by molar-refractivity contribution is 1.10. The van der Waals surface area contributed by atoms with Gasteiger partial charge < -0.3 is 0 Å². The molecule has 0 radical (unpaired) electrons. The van der Waals surface area contributed by atoms with Gasteiger partial charge in [0, 0.05) is 16.3 Å². The maximum atomic E-state index is 4.92. The van der Waals surface area contributed by atoms with Gasteiger partial charge in [-0.25, -0.2) is 9.97 Å². The SMILES string of the molecule is Cc1nc(-c2ccc(-c3ccccc3)cc2)c2c3ccccc3c3ccccc3c2n1. The highest BCUT2D eigenvalue weighted by Crippen LogP contribution is 2.38. The molecule has 0 aliphatic heterocycles. The lowest BCUT2D eigenvalue weighted by Gasteiger charge is -2.14. The summed E-state index contributed by atoms with van der Waals surface area (Å²) >= 11 is 0. The molecule has 6 rings (SSSR count). The minimum Gasteiger partial charge on any atom is -0.233 e. The Kier molecular flexibility index (Phi) is 4.03. The number of fused-ring (bicyclic) bond motifs is 6. The van der Waals surface area contributed by atoms with Crippen molar-refractivity contribution in [3.63, 3.8) is 0 Å². The van der Waals surface area contributed by atoms with Crippen LogP contribution in [0.25, 0.3) is 54.8 Å². The zero-order valence-electron chi connectivity index (χ0n) is 17.2. The zero-order valence-corrected chi connectivity index (χ0v) is 17.2. The summed E-state index contributed by atoms with van der Waals surface area (Å²) in [5.74, 6) is 0.787. The summed E-state index contributed by atoms with van der Waals surface area (Å²) in [4.78, 5) is 9.81. The average molecular weight is 396 g/mol. The molecule has 1 aromatic heterocycles. The van der Waals surface area contributed by atoms with E-state index in [1.165, 1.54) is 32.7 Å². The van der Waals surface area contributed by atoms with Gasteiger partial charge in [0.25, 0.3) is 0 Å². The molecule has 0 unspecified atom stereocenters. The van der Waals surface area contributed by atoms with E-state index in [2.05, 4.69) is 97.1 Å². The minimum atomic E-state index is 0.787. The van der Waals surface area contributed by atoms with E-state index in [4.69, 9.17) is 9.97 Å². The van der Waals surface area contributed by atoms with Gasteiger partial charge in [0.1, 0.15) is 5.82 Å². The molecule has 1 heterocycles. The summed E-state index contributed by atoms with van der Waals surface area (Å²) in [5.41, 5.74) is 5.53. The molecule has 6 aromatic rings. The van der Waals surface area contributed by atoms with Gasteiger partial charge in [-0.05, 0) is 34.2 Å². The zero-order chi connectivity index (χ0) is 20.8. The van der Waals surface area contributed by atoms with E-state index in [0.717, 1.165) is 28.0 Å². The molecule has 0 aliphatic carbocycles. The Hall–Kier alpha value is -4.04. The summed E-state index contributed by atoms with van der Waals surface area (Å²) in [6.45, 7) is 1.98. The molecule has 31 heavy (non-hydrogen) atoms. The van der Waals surface area contributed by atoms with E-state index in [-0.39, 0.29) is 0 Å². The molecule has 0 bridgehead atoms. The number of hydrogen-bond donors (Lipinski definition) is 0. The fraction of sp³-hybridized carbons (Fsp3) is 0.0345. The van der Waals surface area contributed by atoms with Crippen molar-refractivity contribution in [1.29, 1.82) is 0 Å². The highest BCUT2D eigenvalue weighted by atomic mass is 14.9. The maximum absolute atomic E-state index is 4.92. The number of nitrogens with zero attached hydrogens (tertiary/aromatic N) is 2. The van der Waals surface area contributed by atoms with Crippen molar-refractivity contribution in [3.05, 3.63) is 109 Å². The predicted molar refractivity (Wildman–Crippen MR) is 130 cm³/mol. The third kappa shape index (κ3) is 2.88. The molecule has 0 N–H and O–H groups in total. The number of aryl methyl sites for hydroxylation is 1. The average Bonchev–Trinajstić information content (AvgIpc) is 2.84. The fourth-order valence-electron chi connectivity index (χ4n) is 4.54. The Balaban J connectivity index is 1.68. The first-order chi connectivity index (χ1) is 15.3. The molecule has 0 atom stereocenters. The number of aromatic nitrogens is 2. The van der Waals surface area contributed by atoms with Crippen LogP contribution in [0, 0.1) is 6.92 Å². The van der Waals surface area contributed by atoms with Crippen LogP contribution in [0.2, 0.25) is 0 Å². The molecule has 0 saturated heterocycles. The Labute approximate surface area is 180 Å². The standard InChI is InChI=1S/C29H20N2/c1-19-30-28(22-17-15-21(16-18-22)20-9-3-2-4-10-20)27-25-13-7-5-11-23(25)24-12-6-8-14-26(24)29(27)31-19/h2-18H,1H3. The predicted octanol–water partition coefficient (Wildman–Crippen LogP) is 7.58. The molecule has 0 fully saturated rings. The van der Waals surface area contributed by atoms with Gasteiger partial charge >= 0.3 is 0 Å². The molecule has 0 spiro atoms. The minimum absolute atomic E-state index is 0.787. The Morgan fingerprint density at radius 2 is 0.968 bits per heavy atom. The van der Waals surface area contributed by atoms with Crippen molar-refractivity contribution in [2.24, 2.45) is 0 Å².